The summed E-state index contributed by atoms with van der Waals surface area (Å²) in [7, 11) is 3.73. The molecule has 3 N–H and O–H groups in total. The van der Waals surface area contributed by atoms with Gasteiger partial charge in [0, 0.05) is 12.2 Å². The van der Waals surface area contributed by atoms with Gasteiger partial charge in [-0.05, 0) is 20.5 Å². The summed E-state index contributed by atoms with van der Waals surface area (Å²) in [5, 5.41) is 2.71. The van der Waals surface area contributed by atoms with Crippen LogP contribution in [0, 0.1) is 0 Å². The van der Waals surface area contributed by atoms with E-state index in [1.165, 1.54) is 0 Å². The molecule has 0 aromatic heterocycles. The molecule has 0 saturated carbocycles. The van der Waals surface area contributed by atoms with Gasteiger partial charge in [-0.1, -0.05) is 6.92 Å². The van der Waals surface area contributed by atoms with Gasteiger partial charge in [0.25, 0.3) is 0 Å². The first-order valence-electron chi connectivity index (χ1n) is 4.41. The molecule has 0 fully saturated rings. The molecule has 0 aliphatic heterocycles. The van der Waals surface area contributed by atoms with Gasteiger partial charge in [0.2, 0.25) is 11.8 Å². The molecule has 14 heavy (non-hydrogen) atoms. The third-order valence-corrected chi connectivity index (χ3v) is 1.72. The molecule has 0 rings (SSSR count). The van der Waals surface area contributed by atoms with Crippen LogP contribution in [0.25, 0.3) is 0 Å². The first-order chi connectivity index (χ1) is 6.47. The van der Waals surface area contributed by atoms with Crippen LogP contribution < -0.4 is 11.1 Å². The molecule has 2 amide bonds. The van der Waals surface area contributed by atoms with Crippen molar-refractivity contribution in [2.24, 2.45) is 5.73 Å². The Bertz CT molecular complexity index is 236. The average Bonchev–Trinajstić information content (AvgIpc) is 2.10. The third kappa shape index (κ3) is 5.31. The predicted molar refractivity (Wildman–Crippen MR) is 54.2 cm³/mol. The van der Waals surface area contributed by atoms with E-state index in [0.29, 0.717) is 0 Å². The summed E-state index contributed by atoms with van der Waals surface area (Å²) in [6, 6.07) is 0. The van der Waals surface area contributed by atoms with Crippen molar-refractivity contribution in [3.8, 4) is 0 Å². The molecule has 0 radical (unpaired) electrons. The highest BCUT2D eigenvalue weighted by Gasteiger charge is 2.09. The minimum Gasteiger partial charge on any atom is -0.366 e. The molecule has 0 spiro atoms. The lowest BCUT2D eigenvalue weighted by molar-refractivity contribution is -0.119. The van der Waals surface area contributed by atoms with Crippen LogP contribution in [-0.2, 0) is 9.59 Å². The largest absolute Gasteiger partial charge is 0.366 e. The number of nitrogens with one attached hydrogen (secondary N) is 1. The molecule has 0 aromatic rings. The van der Waals surface area contributed by atoms with Crippen molar-refractivity contribution in [1.82, 2.24) is 10.2 Å². The number of primary amides is 1. The van der Waals surface area contributed by atoms with Gasteiger partial charge in [-0.2, -0.15) is 0 Å². The Balaban J connectivity index is 4.10. The summed E-state index contributed by atoms with van der Waals surface area (Å²) in [5.74, 6) is -0.942. The van der Waals surface area contributed by atoms with Gasteiger partial charge >= 0.3 is 0 Å². The van der Waals surface area contributed by atoms with E-state index in [2.05, 4.69) is 5.32 Å². The molecular weight excluding hydrogens is 182 g/mol. The van der Waals surface area contributed by atoms with Crippen LogP contribution in [-0.4, -0.2) is 37.0 Å². The lowest BCUT2D eigenvalue weighted by Crippen LogP contribution is -2.43. The minimum atomic E-state index is -0.627. The number of carbonyl (C=O) groups is 2. The van der Waals surface area contributed by atoms with E-state index in [9.17, 15) is 9.59 Å². The zero-order valence-corrected chi connectivity index (χ0v) is 8.78. The molecule has 0 aromatic carbocycles. The number of nitrogens with zero attached hydrogens (tertiary/aromatic N) is 1. The standard InChI is InChI=1S/C9H17N3O2/c1-4-8(12(2)3)11-9(14)6-5-7(10)13/h5-6,8H,4H2,1-3H3,(H2,10,13)(H,11,14). The predicted octanol–water partition coefficient (Wildman–Crippen LogP) is -0.558. The fourth-order valence-corrected chi connectivity index (χ4v) is 0.966. The van der Waals surface area contributed by atoms with Gasteiger partial charge in [-0.15, -0.1) is 0 Å². The quantitative estimate of drug-likeness (QED) is 0.460. The molecule has 5 heteroatoms. The Morgan fingerprint density at radius 2 is 2.00 bits per heavy atom. The monoisotopic (exact) mass is 199 g/mol. The summed E-state index contributed by atoms with van der Waals surface area (Å²) in [4.78, 5) is 23.4. The second kappa shape index (κ2) is 6.15. The highest BCUT2D eigenvalue weighted by atomic mass is 16.2. The zero-order chi connectivity index (χ0) is 11.1. The van der Waals surface area contributed by atoms with Gasteiger partial charge in [-0.25, -0.2) is 0 Å². The van der Waals surface area contributed by atoms with Crippen LogP contribution in [0.3, 0.4) is 0 Å². The molecule has 0 bridgehead atoms. The van der Waals surface area contributed by atoms with Gasteiger partial charge in [0.1, 0.15) is 0 Å². The van der Waals surface area contributed by atoms with Gasteiger partial charge in [-0.3, -0.25) is 14.5 Å². The smallest absolute Gasteiger partial charge is 0.245 e. The molecule has 1 unspecified atom stereocenters. The summed E-state index contributed by atoms with van der Waals surface area (Å²) in [5.41, 5.74) is 4.85. The topological polar surface area (TPSA) is 75.4 Å². The lowest BCUT2D eigenvalue weighted by atomic mass is 10.3. The molecule has 5 nitrogen and oxygen atoms in total. The maximum atomic E-state index is 11.2. The number of amides is 2. The van der Waals surface area contributed by atoms with Crippen LogP contribution in [0.4, 0.5) is 0 Å². The molecule has 0 aliphatic rings. The lowest BCUT2D eigenvalue weighted by Gasteiger charge is -2.23. The SMILES string of the molecule is CCC(NC(=O)C=CC(N)=O)N(C)C. The number of nitrogens with two attached hydrogens (primary N) is 1. The van der Waals surface area contributed by atoms with Crippen molar-refractivity contribution in [2.75, 3.05) is 14.1 Å². The van der Waals surface area contributed by atoms with E-state index in [1.807, 2.05) is 25.9 Å². The molecule has 0 aliphatic carbocycles. The maximum Gasteiger partial charge on any atom is 0.245 e. The minimum absolute atomic E-state index is 0.0278. The van der Waals surface area contributed by atoms with E-state index in [4.69, 9.17) is 5.73 Å². The van der Waals surface area contributed by atoms with E-state index >= 15 is 0 Å². The van der Waals surface area contributed by atoms with E-state index in [1.54, 1.807) is 0 Å². The van der Waals surface area contributed by atoms with Gasteiger partial charge in [0.15, 0.2) is 0 Å². The van der Waals surface area contributed by atoms with E-state index in [0.717, 1.165) is 18.6 Å². The van der Waals surface area contributed by atoms with Gasteiger partial charge < -0.3 is 11.1 Å². The number of hydrogen-bond donors (Lipinski definition) is 2. The van der Waals surface area contributed by atoms with Gasteiger partial charge in [0.05, 0.1) is 6.17 Å². The Kier molecular flexibility index (Phi) is 5.55. The Morgan fingerprint density at radius 1 is 1.43 bits per heavy atom. The summed E-state index contributed by atoms with van der Waals surface area (Å²) < 4.78 is 0. The Hall–Kier alpha value is -1.36. The number of hydrogen-bond acceptors (Lipinski definition) is 3. The highest BCUT2D eigenvalue weighted by molar-refractivity contribution is 5.96. The third-order valence-electron chi connectivity index (χ3n) is 1.72. The fourth-order valence-electron chi connectivity index (χ4n) is 0.966. The molecule has 0 heterocycles. The van der Waals surface area contributed by atoms with Crippen LogP contribution in [0.5, 0.6) is 0 Å². The maximum absolute atomic E-state index is 11.2. The molecular formula is C9H17N3O2. The van der Waals surface area contributed by atoms with Crippen molar-refractivity contribution >= 4 is 11.8 Å². The Morgan fingerprint density at radius 3 is 2.36 bits per heavy atom. The van der Waals surface area contributed by atoms with Crippen LogP contribution in [0.1, 0.15) is 13.3 Å². The molecule has 0 saturated heterocycles. The van der Waals surface area contributed by atoms with Crippen molar-refractivity contribution in [3.63, 3.8) is 0 Å². The molecule has 80 valence electrons. The summed E-state index contributed by atoms with van der Waals surface area (Å²) in [6.45, 7) is 1.96. The van der Waals surface area contributed by atoms with Crippen molar-refractivity contribution < 1.29 is 9.59 Å². The first-order valence-corrected chi connectivity index (χ1v) is 4.41. The van der Waals surface area contributed by atoms with Crippen LogP contribution in [0.2, 0.25) is 0 Å². The van der Waals surface area contributed by atoms with Crippen LogP contribution >= 0.6 is 0 Å². The molecule has 1 atom stereocenters. The second-order valence-electron chi connectivity index (χ2n) is 3.13. The highest BCUT2D eigenvalue weighted by Crippen LogP contribution is 1.93. The van der Waals surface area contributed by atoms with Crippen molar-refractivity contribution in [1.29, 1.82) is 0 Å². The first kappa shape index (κ1) is 12.6. The van der Waals surface area contributed by atoms with Crippen molar-refractivity contribution in [2.45, 2.75) is 19.5 Å². The second-order valence-corrected chi connectivity index (χ2v) is 3.13. The number of rotatable bonds is 5. The van der Waals surface area contributed by atoms with Crippen LogP contribution in [0.15, 0.2) is 12.2 Å². The number of carbonyl (C=O) groups excluding carboxylic acids is 2. The zero-order valence-electron chi connectivity index (χ0n) is 8.78. The van der Waals surface area contributed by atoms with Crippen molar-refractivity contribution in [3.05, 3.63) is 12.2 Å². The summed E-state index contributed by atoms with van der Waals surface area (Å²) >= 11 is 0. The van der Waals surface area contributed by atoms with E-state index in [-0.39, 0.29) is 12.1 Å². The average molecular weight is 199 g/mol. The summed E-state index contributed by atoms with van der Waals surface area (Å²) in [6.07, 6.45) is 2.94. The fraction of sp³-hybridized carbons (Fsp3) is 0.556. The van der Waals surface area contributed by atoms with E-state index < -0.39 is 5.91 Å². The Labute approximate surface area is 83.9 Å². The normalized spacial score (nSPS) is 13.1.